The summed E-state index contributed by atoms with van der Waals surface area (Å²) < 4.78 is 0. The van der Waals surface area contributed by atoms with Gasteiger partial charge in [0.25, 0.3) is 0 Å². The van der Waals surface area contributed by atoms with Gasteiger partial charge in [-0.25, -0.2) is 4.79 Å². The highest BCUT2D eigenvalue weighted by Gasteiger charge is 2.08. The van der Waals surface area contributed by atoms with Gasteiger partial charge in [-0.2, -0.15) is 11.8 Å². The van der Waals surface area contributed by atoms with Crippen LogP contribution in [0.15, 0.2) is 5.16 Å². The minimum atomic E-state index is -1.01. The quantitative estimate of drug-likeness (QED) is 0.389. The van der Waals surface area contributed by atoms with Gasteiger partial charge in [-0.05, 0) is 12.7 Å². The van der Waals surface area contributed by atoms with Crippen molar-refractivity contribution in [3.05, 3.63) is 0 Å². The number of aliphatic carboxylic acids is 1. The maximum absolute atomic E-state index is 10.5. The van der Waals surface area contributed by atoms with E-state index in [1.807, 2.05) is 13.2 Å². The molecule has 0 saturated carbocycles. The Kier molecular flexibility index (Phi) is 7.48. The molecule has 4 nitrogen and oxygen atoms in total. The molecule has 0 aromatic rings. The van der Waals surface area contributed by atoms with Gasteiger partial charge < -0.3 is 9.94 Å². The predicted molar refractivity (Wildman–Crippen MR) is 54.3 cm³/mol. The third-order valence-corrected chi connectivity index (χ3v) is 1.85. The Hall–Kier alpha value is -0.710. The lowest BCUT2D eigenvalue weighted by atomic mass is 10.4. The number of nitrogens with zero attached hydrogens (tertiary/aromatic N) is 1. The summed E-state index contributed by atoms with van der Waals surface area (Å²) in [7, 11) is 0. The zero-order valence-corrected chi connectivity index (χ0v) is 8.76. The van der Waals surface area contributed by atoms with Gasteiger partial charge in [-0.15, -0.1) is 0 Å². The Labute approximate surface area is 82.3 Å². The maximum Gasteiger partial charge on any atom is 0.354 e. The zero-order valence-electron chi connectivity index (χ0n) is 7.95. The minimum absolute atomic E-state index is 0.0728. The molecule has 0 heterocycles. The van der Waals surface area contributed by atoms with Crippen LogP contribution < -0.4 is 0 Å². The van der Waals surface area contributed by atoms with E-state index in [-0.39, 0.29) is 5.71 Å². The van der Waals surface area contributed by atoms with E-state index < -0.39 is 5.97 Å². The Balaban J connectivity index is 3.82. The number of carbonyl (C=O) groups is 1. The Morgan fingerprint density at radius 3 is 2.77 bits per heavy atom. The molecule has 0 atom stereocenters. The molecule has 0 aliphatic heterocycles. The molecule has 0 aromatic heterocycles. The van der Waals surface area contributed by atoms with Gasteiger partial charge >= 0.3 is 5.97 Å². The molecule has 0 spiro atoms. The van der Waals surface area contributed by atoms with Crippen molar-refractivity contribution in [3.8, 4) is 0 Å². The monoisotopic (exact) mass is 205 g/mol. The van der Waals surface area contributed by atoms with Crippen molar-refractivity contribution in [2.45, 2.75) is 19.8 Å². The summed E-state index contributed by atoms with van der Waals surface area (Å²) in [6.07, 6.45) is 3.74. The van der Waals surface area contributed by atoms with E-state index in [4.69, 9.17) is 9.94 Å². The molecule has 1 N–H and O–H groups in total. The molecule has 5 heteroatoms. The fraction of sp³-hybridized carbons (Fsp3) is 0.750. The SMILES string of the molecule is CCCCON=C(CSC)C(=O)O. The minimum Gasteiger partial charge on any atom is -0.477 e. The normalized spacial score (nSPS) is 11.4. The summed E-state index contributed by atoms with van der Waals surface area (Å²) in [5.74, 6) is -0.632. The molecule has 0 fully saturated rings. The van der Waals surface area contributed by atoms with Crippen molar-refractivity contribution in [1.29, 1.82) is 0 Å². The van der Waals surface area contributed by atoms with Gasteiger partial charge in [-0.1, -0.05) is 18.5 Å². The smallest absolute Gasteiger partial charge is 0.354 e. The molecule has 0 bridgehead atoms. The molecule has 0 rings (SSSR count). The molecular weight excluding hydrogens is 190 g/mol. The lowest BCUT2D eigenvalue weighted by molar-refractivity contribution is -0.129. The highest BCUT2D eigenvalue weighted by Crippen LogP contribution is 1.96. The molecule has 13 heavy (non-hydrogen) atoms. The number of thioether (sulfide) groups is 1. The molecule has 76 valence electrons. The van der Waals surface area contributed by atoms with Gasteiger partial charge in [0, 0.05) is 5.75 Å². The third-order valence-electron chi connectivity index (χ3n) is 1.29. The van der Waals surface area contributed by atoms with Crippen LogP contribution in [-0.4, -0.2) is 35.4 Å². The standard InChI is InChI=1S/C8H15NO3S/c1-3-4-5-12-9-7(6-13-2)8(10)11/h3-6H2,1-2H3,(H,10,11). The van der Waals surface area contributed by atoms with E-state index in [0.29, 0.717) is 12.4 Å². The summed E-state index contributed by atoms with van der Waals surface area (Å²) in [5, 5.41) is 12.2. The first-order valence-electron chi connectivity index (χ1n) is 4.13. The summed E-state index contributed by atoms with van der Waals surface area (Å²) in [4.78, 5) is 15.4. The van der Waals surface area contributed by atoms with Crippen LogP contribution in [0.1, 0.15) is 19.8 Å². The van der Waals surface area contributed by atoms with Crippen molar-refractivity contribution in [2.24, 2.45) is 5.16 Å². The number of unbranched alkanes of at least 4 members (excludes halogenated alkanes) is 1. The largest absolute Gasteiger partial charge is 0.477 e. The first kappa shape index (κ1) is 12.3. The molecule has 0 saturated heterocycles. The fourth-order valence-corrected chi connectivity index (χ4v) is 1.05. The van der Waals surface area contributed by atoms with Crippen LogP contribution in [0, 0.1) is 0 Å². The van der Waals surface area contributed by atoms with Gasteiger partial charge in [0.2, 0.25) is 0 Å². The first-order chi connectivity index (χ1) is 6.22. The van der Waals surface area contributed by atoms with E-state index in [0.717, 1.165) is 12.8 Å². The summed E-state index contributed by atoms with van der Waals surface area (Å²) in [6, 6.07) is 0. The van der Waals surface area contributed by atoms with E-state index in [2.05, 4.69) is 5.16 Å². The second-order valence-electron chi connectivity index (χ2n) is 2.46. The first-order valence-corrected chi connectivity index (χ1v) is 5.52. The highest BCUT2D eigenvalue weighted by molar-refractivity contribution is 7.99. The van der Waals surface area contributed by atoms with Crippen LogP contribution >= 0.6 is 11.8 Å². The van der Waals surface area contributed by atoms with E-state index in [1.165, 1.54) is 11.8 Å². The van der Waals surface area contributed by atoms with E-state index in [9.17, 15) is 4.79 Å². The van der Waals surface area contributed by atoms with Crippen LogP contribution in [0.2, 0.25) is 0 Å². The topological polar surface area (TPSA) is 58.9 Å². The van der Waals surface area contributed by atoms with Gasteiger partial charge in [0.1, 0.15) is 6.61 Å². The lowest BCUT2D eigenvalue weighted by Gasteiger charge is -1.99. The number of carboxylic acids is 1. The average Bonchev–Trinajstić information content (AvgIpc) is 2.10. The summed E-state index contributed by atoms with van der Waals surface area (Å²) in [5.41, 5.74) is 0.0728. The Bertz CT molecular complexity index is 182. The molecule has 0 radical (unpaired) electrons. The number of hydrogen-bond acceptors (Lipinski definition) is 4. The fourth-order valence-electron chi connectivity index (χ4n) is 0.596. The van der Waals surface area contributed by atoms with Crippen molar-refractivity contribution in [1.82, 2.24) is 0 Å². The van der Waals surface area contributed by atoms with Crippen LogP contribution in [0.25, 0.3) is 0 Å². The zero-order chi connectivity index (χ0) is 10.1. The Morgan fingerprint density at radius 2 is 2.31 bits per heavy atom. The van der Waals surface area contributed by atoms with E-state index in [1.54, 1.807) is 0 Å². The lowest BCUT2D eigenvalue weighted by Crippen LogP contribution is -2.16. The van der Waals surface area contributed by atoms with Gasteiger partial charge in [0.15, 0.2) is 5.71 Å². The summed E-state index contributed by atoms with van der Waals surface area (Å²) >= 11 is 1.41. The molecule has 0 aliphatic carbocycles. The van der Waals surface area contributed by atoms with Crippen molar-refractivity contribution < 1.29 is 14.7 Å². The number of rotatable bonds is 7. The molecule has 0 amide bonds. The van der Waals surface area contributed by atoms with E-state index >= 15 is 0 Å². The second-order valence-corrected chi connectivity index (χ2v) is 3.33. The molecule has 0 aromatic carbocycles. The number of carboxylic acid groups (broad SMARTS) is 1. The van der Waals surface area contributed by atoms with Crippen LogP contribution in [-0.2, 0) is 9.63 Å². The average molecular weight is 205 g/mol. The number of oxime groups is 1. The maximum atomic E-state index is 10.5. The van der Waals surface area contributed by atoms with Crippen LogP contribution in [0.5, 0.6) is 0 Å². The Morgan fingerprint density at radius 1 is 1.62 bits per heavy atom. The highest BCUT2D eigenvalue weighted by atomic mass is 32.2. The molecular formula is C8H15NO3S. The number of hydrogen-bond donors (Lipinski definition) is 1. The van der Waals surface area contributed by atoms with Gasteiger partial charge in [0.05, 0.1) is 0 Å². The van der Waals surface area contributed by atoms with Crippen LogP contribution in [0.3, 0.4) is 0 Å². The van der Waals surface area contributed by atoms with Gasteiger partial charge in [-0.3, -0.25) is 0 Å². The van der Waals surface area contributed by atoms with Crippen molar-refractivity contribution >= 4 is 23.4 Å². The second kappa shape index (κ2) is 7.91. The predicted octanol–water partition coefficient (Wildman–Crippen LogP) is 1.61. The van der Waals surface area contributed by atoms with Crippen LogP contribution in [0.4, 0.5) is 0 Å². The van der Waals surface area contributed by atoms with Crippen molar-refractivity contribution in [2.75, 3.05) is 18.6 Å². The molecule has 0 unspecified atom stereocenters. The van der Waals surface area contributed by atoms with Crippen molar-refractivity contribution in [3.63, 3.8) is 0 Å². The summed E-state index contributed by atoms with van der Waals surface area (Å²) in [6.45, 7) is 2.52. The third kappa shape index (κ3) is 6.45. The molecule has 0 aliphatic rings.